The lowest BCUT2D eigenvalue weighted by atomic mass is 9.78. The lowest BCUT2D eigenvalue weighted by Gasteiger charge is -2.27. The molecule has 0 unspecified atom stereocenters. The molecule has 0 aromatic heterocycles. The van der Waals surface area contributed by atoms with Crippen LogP contribution in [0, 0.1) is 5.92 Å². The second-order valence-corrected chi connectivity index (χ2v) is 8.55. The van der Waals surface area contributed by atoms with E-state index in [1.807, 2.05) is 0 Å². The summed E-state index contributed by atoms with van der Waals surface area (Å²) in [6.45, 7) is 8.85. The molecule has 1 saturated carbocycles. The van der Waals surface area contributed by atoms with Crippen molar-refractivity contribution in [1.29, 1.82) is 0 Å². The van der Waals surface area contributed by atoms with E-state index < -0.39 is 0 Å². The van der Waals surface area contributed by atoms with Gasteiger partial charge in [-0.3, -0.25) is 0 Å². The molecule has 4 rings (SSSR count). The van der Waals surface area contributed by atoms with E-state index in [1.165, 1.54) is 59.1 Å². The first-order valence-electron chi connectivity index (χ1n) is 11.4. The Morgan fingerprint density at radius 1 is 0.677 bits per heavy atom. The molecule has 0 radical (unpaired) electrons. The summed E-state index contributed by atoms with van der Waals surface area (Å²) in [5, 5.41) is 0. The third-order valence-corrected chi connectivity index (χ3v) is 6.50. The van der Waals surface area contributed by atoms with Crippen molar-refractivity contribution >= 4 is 0 Å². The summed E-state index contributed by atoms with van der Waals surface area (Å²) < 4.78 is 5.51. The smallest absolute Gasteiger partial charge is 0.0721 e. The molecule has 3 aromatic carbocycles. The monoisotopic (exact) mass is 408 g/mol. The van der Waals surface area contributed by atoms with Gasteiger partial charge in [0.2, 0.25) is 0 Å². The Kier molecular flexibility index (Phi) is 7.17. The zero-order valence-electron chi connectivity index (χ0n) is 18.3. The number of benzene rings is 3. The average molecular weight is 409 g/mol. The Morgan fingerprint density at radius 3 is 1.65 bits per heavy atom. The van der Waals surface area contributed by atoms with E-state index in [-0.39, 0.29) is 0 Å². The molecule has 1 aliphatic carbocycles. The van der Waals surface area contributed by atoms with Crippen LogP contribution in [0.5, 0.6) is 0 Å². The zero-order valence-corrected chi connectivity index (χ0v) is 18.3. The van der Waals surface area contributed by atoms with Gasteiger partial charge in [0.25, 0.3) is 0 Å². The van der Waals surface area contributed by atoms with Crippen LogP contribution in [0.25, 0.3) is 22.3 Å². The van der Waals surface area contributed by atoms with Gasteiger partial charge in [-0.2, -0.15) is 0 Å². The molecule has 1 nitrogen and oxygen atoms in total. The first kappa shape index (κ1) is 21.3. The van der Waals surface area contributed by atoms with Crippen LogP contribution in [0.3, 0.4) is 0 Å². The van der Waals surface area contributed by atoms with Crippen molar-refractivity contribution in [3.8, 4) is 22.3 Å². The fourth-order valence-corrected chi connectivity index (χ4v) is 4.54. The highest BCUT2D eigenvalue weighted by Crippen LogP contribution is 2.37. The third-order valence-electron chi connectivity index (χ3n) is 6.50. The van der Waals surface area contributed by atoms with Gasteiger partial charge in [-0.1, -0.05) is 84.9 Å². The minimum atomic E-state index is 0.584. The molecule has 1 aliphatic rings. The normalized spacial score (nSPS) is 18.5. The summed E-state index contributed by atoms with van der Waals surface area (Å²) in [6.07, 6.45) is 9.03. The minimum absolute atomic E-state index is 0.584. The molecule has 0 N–H and O–H groups in total. The van der Waals surface area contributed by atoms with E-state index in [0.29, 0.717) is 19.1 Å². The van der Waals surface area contributed by atoms with Crippen LogP contribution in [0.15, 0.2) is 98.1 Å². The Labute approximate surface area is 187 Å². The van der Waals surface area contributed by atoms with Crippen LogP contribution in [-0.4, -0.2) is 6.61 Å². The van der Waals surface area contributed by atoms with Crippen molar-refractivity contribution in [2.24, 2.45) is 5.92 Å². The molecule has 0 atom stereocenters. The van der Waals surface area contributed by atoms with Crippen LogP contribution in [-0.2, 0) is 11.3 Å². The lowest BCUT2D eigenvalue weighted by Crippen LogP contribution is -2.11. The fraction of sp³-hybridized carbons (Fsp3) is 0.267. The maximum Gasteiger partial charge on any atom is 0.0721 e. The summed E-state index contributed by atoms with van der Waals surface area (Å²) in [5.41, 5.74) is 7.67. The maximum atomic E-state index is 5.51. The molecule has 1 heteroatoms. The van der Waals surface area contributed by atoms with Gasteiger partial charge in [-0.15, -0.1) is 13.2 Å². The summed E-state index contributed by atoms with van der Waals surface area (Å²) in [7, 11) is 0. The minimum Gasteiger partial charge on any atom is -0.373 e. The molecule has 158 valence electrons. The molecule has 0 bridgehead atoms. The standard InChI is InChI=1S/C30H32O/c1-3-21-31-22-24-7-11-26(12-8-24)28-15-19-30(20-16-28)29-17-13-27(14-18-29)25-9-5-23(4-2)6-10-25/h3-4,7-8,11-20,23,25H,1-2,5-6,9-10,21-22H2. The molecular weight excluding hydrogens is 376 g/mol. The van der Waals surface area contributed by atoms with Crippen molar-refractivity contribution in [2.45, 2.75) is 38.2 Å². The van der Waals surface area contributed by atoms with Crippen LogP contribution in [0.1, 0.15) is 42.7 Å². The zero-order chi connectivity index (χ0) is 21.5. The van der Waals surface area contributed by atoms with Gasteiger partial charge in [0.1, 0.15) is 0 Å². The first-order chi connectivity index (χ1) is 15.3. The van der Waals surface area contributed by atoms with Crippen molar-refractivity contribution in [1.82, 2.24) is 0 Å². The van der Waals surface area contributed by atoms with Crippen molar-refractivity contribution < 1.29 is 4.74 Å². The summed E-state index contributed by atoms with van der Waals surface area (Å²) in [4.78, 5) is 0. The SMILES string of the molecule is C=CCOCc1ccc(-c2ccc(-c3ccc(C4CCC(C=C)CC4)cc3)cc2)cc1. The summed E-state index contributed by atoms with van der Waals surface area (Å²) in [6, 6.07) is 26.7. The van der Waals surface area contributed by atoms with E-state index in [4.69, 9.17) is 4.74 Å². The average Bonchev–Trinajstić information content (AvgIpc) is 2.85. The molecule has 3 aromatic rings. The van der Waals surface area contributed by atoms with E-state index >= 15 is 0 Å². The summed E-state index contributed by atoms with van der Waals surface area (Å²) in [5.74, 6) is 1.42. The Balaban J connectivity index is 1.40. The Bertz CT molecular complexity index is 972. The molecule has 31 heavy (non-hydrogen) atoms. The molecule has 0 heterocycles. The fourth-order valence-electron chi connectivity index (χ4n) is 4.54. The van der Waals surface area contributed by atoms with Crippen LogP contribution < -0.4 is 0 Å². The Hall–Kier alpha value is -2.90. The second-order valence-electron chi connectivity index (χ2n) is 8.55. The predicted molar refractivity (Wildman–Crippen MR) is 132 cm³/mol. The topological polar surface area (TPSA) is 9.23 Å². The number of rotatable bonds is 8. The quantitative estimate of drug-likeness (QED) is 0.270. The van der Waals surface area contributed by atoms with Gasteiger partial charge in [0, 0.05) is 0 Å². The van der Waals surface area contributed by atoms with Crippen LogP contribution in [0.4, 0.5) is 0 Å². The molecule has 0 saturated heterocycles. The third kappa shape index (κ3) is 5.42. The first-order valence-corrected chi connectivity index (χ1v) is 11.4. The summed E-state index contributed by atoms with van der Waals surface area (Å²) >= 11 is 0. The van der Waals surface area contributed by atoms with E-state index in [2.05, 4.69) is 92.0 Å². The number of ether oxygens (including phenoxy) is 1. The number of allylic oxidation sites excluding steroid dienone is 1. The lowest BCUT2D eigenvalue weighted by molar-refractivity contribution is 0.149. The van der Waals surface area contributed by atoms with Crippen LogP contribution >= 0.6 is 0 Å². The molecule has 1 fully saturated rings. The van der Waals surface area contributed by atoms with Gasteiger partial charge < -0.3 is 4.74 Å². The second kappa shape index (κ2) is 10.4. The molecular formula is C30H32O. The highest BCUT2D eigenvalue weighted by molar-refractivity contribution is 5.70. The largest absolute Gasteiger partial charge is 0.373 e. The predicted octanol–water partition coefficient (Wildman–Crippen LogP) is 8.18. The van der Waals surface area contributed by atoms with Gasteiger partial charge >= 0.3 is 0 Å². The highest BCUT2D eigenvalue weighted by atomic mass is 16.5. The molecule has 0 amide bonds. The van der Waals surface area contributed by atoms with Crippen molar-refractivity contribution in [3.05, 3.63) is 109 Å². The van der Waals surface area contributed by atoms with E-state index in [1.54, 1.807) is 6.08 Å². The highest BCUT2D eigenvalue weighted by Gasteiger charge is 2.20. The molecule has 0 spiro atoms. The van der Waals surface area contributed by atoms with E-state index in [0.717, 1.165) is 5.92 Å². The van der Waals surface area contributed by atoms with Gasteiger partial charge in [0.05, 0.1) is 13.2 Å². The van der Waals surface area contributed by atoms with Gasteiger partial charge in [0.15, 0.2) is 0 Å². The van der Waals surface area contributed by atoms with Gasteiger partial charge in [-0.25, -0.2) is 0 Å². The number of hydrogen-bond acceptors (Lipinski definition) is 1. The molecule has 0 aliphatic heterocycles. The van der Waals surface area contributed by atoms with E-state index in [9.17, 15) is 0 Å². The van der Waals surface area contributed by atoms with Crippen molar-refractivity contribution in [3.63, 3.8) is 0 Å². The van der Waals surface area contributed by atoms with Gasteiger partial charge in [-0.05, 0) is 70.9 Å². The van der Waals surface area contributed by atoms with Crippen molar-refractivity contribution in [2.75, 3.05) is 6.61 Å². The maximum absolute atomic E-state index is 5.51. The van der Waals surface area contributed by atoms with Crippen LogP contribution in [0.2, 0.25) is 0 Å². The number of hydrogen-bond donors (Lipinski definition) is 0. The Morgan fingerprint density at radius 2 is 1.16 bits per heavy atom.